The summed E-state index contributed by atoms with van der Waals surface area (Å²) in [5.41, 5.74) is 0.754. The molecule has 2 aliphatic carbocycles. The first-order valence-corrected chi connectivity index (χ1v) is 13.0. The fourth-order valence-electron chi connectivity index (χ4n) is 5.31. The second-order valence-electron chi connectivity index (χ2n) is 9.67. The normalized spacial score (nSPS) is 16.9. The Morgan fingerprint density at radius 1 is 0.972 bits per heavy atom. The summed E-state index contributed by atoms with van der Waals surface area (Å²) in [7, 11) is 1.60. The van der Waals surface area contributed by atoms with Crippen molar-refractivity contribution in [2.75, 3.05) is 12.4 Å². The third kappa shape index (κ3) is 6.62. The highest BCUT2D eigenvalue weighted by Crippen LogP contribution is 2.34. The Hall–Kier alpha value is -3.42. The van der Waals surface area contributed by atoms with E-state index in [2.05, 4.69) is 15.6 Å². The second kappa shape index (κ2) is 12.5. The van der Waals surface area contributed by atoms with Gasteiger partial charge < -0.3 is 20.3 Å². The van der Waals surface area contributed by atoms with Crippen molar-refractivity contribution < 1.29 is 19.1 Å². The van der Waals surface area contributed by atoms with E-state index in [1.165, 1.54) is 0 Å². The van der Waals surface area contributed by atoms with Crippen LogP contribution >= 0.6 is 0 Å². The number of ether oxygens (including phenoxy) is 1. The number of carbonyl (C=O) groups is 3. The lowest BCUT2D eigenvalue weighted by molar-refractivity contribution is -0.144. The average Bonchev–Trinajstić information content (AvgIpc) is 3.61. The smallest absolute Gasteiger partial charge is 0.247 e. The molecule has 2 N–H and O–H groups in total. The van der Waals surface area contributed by atoms with Crippen molar-refractivity contribution >= 4 is 23.5 Å². The summed E-state index contributed by atoms with van der Waals surface area (Å²) in [6, 6.07) is 12.0. The van der Waals surface area contributed by atoms with E-state index in [4.69, 9.17) is 4.74 Å². The van der Waals surface area contributed by atoms with Gasteiger partial charge in [0.1, 0.15) is 17.6 Å². The maximum Gasteiger partial charge on any atom is 0.247 e. The van der Waals surface area contributed by atoms with Crippen molar-refractivity contribution in [2.24, 2.45) is 0 Å². The Balaban J connectivity index is 1.55. The Morgan fingerprint density at radius 3 is 2.31 bits per heavy atom. The van der Waals surface area contributed by atoms with Crippen LogP contribution in [0.15, 0.2) is 48.7 Å². The minimum atomic E-state index is -0.744. The summed E-state index contributed by atoms with van der Waals surface area (Å²) in [6.07, 6.45) is 9.55. The van der Waals surface area contributed by atoms with Crippen LogP contribution in [0.5, 0.6) is 5.75 Å². The molecule has 1 aromatic heterocycles. The monoisotopic (exact) mass is 492 g/mol. The largest absolute Gasteiger partial charge is 0.497 e. The van der Waals surface area contributed by atoms with Gasteiger partial charge in [-0.15, -0.1) is 0 Å². The number of hydrogen-bond donors (Lipinski definition) is 2. The van der Waals surface area contributed by atoms with Crippen molar-refractivity contribution in [3.05, 3.63) is 54.2 Å². The number of hydrogen-bond acceptors (Lipinski definition) is 5. The van der Waals surface area contributed by atoms with Gasteiger partial charge in [-0.3, -0.25) is 14.4 Å². The first kappa shape index (κ1) is 25.7. The van der Waals surface area contributed by atoms with E-state index in [-0.39, 0.29) is 42.6 Å². The van der Waals surface area contributed by atoms with Crippen LogP contribution in [0.3, 0.4) is 0 Å². The van der Waals surface area contributed by atoms with Crippen molar-refractivity contribution in [3.8, 4) is 5.75 Å². The molecular weight excluding hydrogens is 456 g/mol. The molecule has 8 heteroatoms. The van der Waals surface area contributed by atoms with E-state index in [9.17, 15) is 14.4 Å². The number of amides is 3. The van der Waals surface area contributed by atoms with E-state index in [1.807, 2.05) is 24.3 Å². The summed E-state index contributed by atoms with van der Waals surface area (Å²) in [4.78, 5) is 45.8. The predicted octanol–water partition coefficient (Wildman–Crippen LogP) is 4.38. The molecule has 0 unspecified atom stereocenters. The molecule has 2 saturated carbocycles. The summed E-state index contributed by atoms with van der Waals surface area (Å²) in [5, 5.41) is 5.95. The zero-order valence-corrected chi connectivity index (χ0v) is 20.9. The third-order valence-corrected chi connectivity index (χ3v) is 7.16. The minimum Gasteiger partial charge on any atom is -0.497 e. The molecule has 1 aromatic carbocycles. The molecule has 4 rings (SSSR count). The molecule has 192 valence electrons. The van der Waals surface area contributed by atoms with E-state index < -0.39 is 6.04 Å². The van der Waals surface area contributed by atoms with Gasteiger partial charge in [0.25, 0.3) is 0 Å². The number of aromatic nitrogens is 1. The summed E-state index contributed by atoms with van der Waals surface area (Å²) in [6.45, 7) is 0. The van der Waals surface area contributed by atoms with Crippen molar-refractivity contribution in [1.29, 1.82) is 0 Å². The third-order valence-electron chi connectivity index (χ3n) is 7.16. The molecule has 0 spiro atoms. The van der Waals surface area contributed by atoms with Gasteiger partial charge in [0, 0.05) is 31.1 Å². The Labute approximate surface area is 212 Å². The highest BCUT2D eigenvalue weighted by molar-refractivity contribution is 5.94. The second-order valence-corrected chi connectivity index (χ2v) is 9.67. The number of rotatable bonds is 10. The number of nitrogens with zero attached hydrogens (tertiary/aromatic N) is 2. The number of methoxy groups -OCH3 is 1. The van der Waals surface area contributed by atoms with E-state index >= 15 is 0 Å². The van der Waals surface area contributed by atoms with Gasteiger partial charge in [-0.2, -0.15) is 0 Å². The summed E-state index contributed by atoms with van der Waals surface area (Å²) in [5.74, 6) is 0.545. The van der Waals surface area contributed by atoms with Crippen molar-refractivity contribution in [3.63, 3.8) is 0 Å². The van der Waals surface area contributed by atoms with E-state index in [1.54, 1.807) is 36.4 Å². The lowest BCUT2D eigenvalue weighted by Gasteiger charge is -2.37. The van der Waals surface area contributed by atoms with Crippen molar-refractivity contribution in [1.82, 2.24) is 15.2 Å². The van der Waals surface area contributed by atoms with Crippen LogP contribution in [0, 0.1) is 0 Å². The topological polar surface area (TPSA) is 101 Å². The Morgan fingerprint density at radius 2 is 1.67 bits per heavy atom. The Kier molecular flexibility index (Phi) is 8.92. The van der Waals surface area contributed by atoms with Crippen LogP contribution in [-0.2, 0) is 14.4 Å². The average molecular weight is 493 g/mol. The van der Waals surface area contributed by atoms with Crippen LogP contribution in [-0.4, -0.2) is 46.8 Å². The zero-order chi connectivity index (χ0) is 25.3. The maximum atomic E-state index is 13.7. The van der Waals surface area contributed by atoms with Gasteiger partial charge >= 0.3 is 0 Å². The highest BCUT2D eigenvalue weighted by Gasteiger charge is 2.38. The summed E-state index contributed by atoms with van der Waals surface area (Å²) >= 11 is 0. The molecule has 0 aliphatic heterocycles. The molecule has 2 fully saturated rings. The molecule has 0 bridgehead atoms. The van der Waals surface area contributed by atoms with Crippen LogP contribution in [0.25, 0.3) is 0 Å². The quantitative estimate of drug-likeness (QED) is 0.513. The van der Waals surface area contributed by atoms with E-state index in [0.717, 1.165) is 56.9 Å². The first-order chi connectivity index (χ1) is 17.5. The predicted molar refractivity (Wildman–Crippen MR) is 137 cm³/mol. The molecule has 2 aromatic rings. The molecule has 1 atom stereocenters. The number of carbonyl (C=O) groups excluding carboxylic acids is 3. The number of anilines is 1. The van der Waals surface area contributed by atoms with Crippen LogP contribution in [0.1, 0.15) is 75.8 Å². The number of nitrogens with one attached hydrogen (secondary N) is 2. The molecule has 1 heterocycles. The number of pyridine rings is 1. The van der Waals surface area contributed by atoms with Crippen molar-refractivity contribution in [2.45, 2.75) is 82.3 Å². The van der Waals surface area contributed by atoms with Gasteiger partial charge in [0.15, 0.2) is 0 Å². The SMILES string of the molecule is COc1ccc([C@H](C(=O)NC2CCCC2)N(C(=O)CCC(=O)Nc2ccccn2)C2CCCC2)cc1. The number of benzene rings is 1. The summed E-state index contributed by atoms with van der Waals surface area (Å²) < 4.78 is 5.31. The molecule has 2 aliphatic rings. The molecular formula is C28H36N4O4. The van der Waals surface area contributed by atoms with Crippen LogP contribution in [0.4, 0.5) is 5.82 Å². The minimum absolute atomic E-state index is 0.0260. The first-order valence-electron chi connectivity index (χ1n) is 13.0. The molecule has 0 radical (unpaired) electrons. The van der Waals surface area contributed by atoms with Crippen LogP contribution in [0.2, 0.25) is 0 Å². The molecule has 3 amide bonds. The van der Waals surface area contributed by atoms with Gasteiger partial charge in [0.2, 0.25) is 17.7 Å². The maximum absolute atomic E-state index is 13.7. The lowest BCUT2D eigenvalue weighted by atomic mass is 9.99. The van der Waals surface area contributed by atoms with Gasteiger partial charge in [-0.05, 0) is 55.5 Å². The standard InChI is InChI=1S/C28H36N4O4/c1-36-23-15-13-20(14-16-23)27(28(35)30-21-8-2-3-9-21)32(22-10-4-5-11-22)26(34)18-17-25(33)31-24-12-6-7-19-29-24/h6-7,12-16,19,21-22,27H,2-5,8-11,17-18H2,1H3,(H,30,35)(H,29,31,33)/t27-/m1/s1. The van der Waals surface area contributed by atoms with Gasteiger partial charge in [-0.1, -0.05) is 43.9 Å². The zero-order valence-electron chi connectivity index (χ0n) is 20.9. The van der Waals surface area contributed by atoms with Crippen LogP contribution < -0.4 is 15.4 Å². The molecule has 0 saturated heterocycles. The fraction of sp³-hybridized carbons (Fsp3) is 0.500. The fourth-order valence-corrected chi connectivity index (χ4v) is 5.31. The Bertz CT molecular complexity index is 1020. The lowest BCUT2D eigenvalue weighted by Crippen LogP contribution is -2.49. The molecule has 36 heavy (non-hydrogen) atoms. The van der Waals surface area contributed by atoms with E-state index in [0.29, 0.717) is 11.6 Å². The molecule has 8 nitrogen and oxygen atoms in total. The highest BCUT2D eigenvalue weighted by atomic mass is 16.5. The van der Waals surface area contributed by atoms with Gasteiger partial charge in [0.05, 0.1) is 7.11 Å². The van der Waals surface area contributed by atoms with Gasteiger partial charge in [-0.25, -0.2) is 4.98 Å².